The van der Waals surface area contributed by atoms with Crippen LogP contribution in [0.25, 0.3) is 0 Å². The number of halogens is 7. The van der Waals surface area contributed by atoms with Crippen molar-refractivity contribution in [2.24, 2.45) is 0 Å². The van der Waals surface area contributed by atoms with Crippen LogP contribution in [0.3, 0.4) is 0 Å². The van der Waals surface area contributed by atoms with Crippen molar-refractivity contribution >= 4 is 95.0 Å². The maximum atomic E-state index is 6.64. The van der Waals surface area contributed by atoms with Gasteiger partial charge in [-0.25, -0.2) is 0 Å². The fourth-order valence-corrected chi connectivity index (χ4v) is 56.6. The summed E-state index contributed by atoms with van der Waals surface area (Å²) in [6, 6.07) is 0. The molecule has 1 saturated carbocycles. The first-order chi connectivity index (χ1) is 7.11. The highest BCUT2D eigenvalue weighted by Gasteiger charge is 2.70. The lowest BCUT2D eigenvalue weighted by molar-refractivity contribution is 0.500. The Bertz CT molecular complexity index is 227. The minimum absolute atomic E-state index is 0.154. The molecule has 0 atom stereocenters. The van der Waals surface area contributed by atoms with Gasteiger partial charge in [-0.3, -0.25) is 0 Å². The molecule has 0 nitrogen and oxygen atoms in total. The molecule has 10 heteroatoms. The molecule has 0 aromatic carbocycles. The molecule has 0 spiro atoms. The first kappa shape index (κ1) is 16.7. The zero-order valence-electron chi connectivity index (χ0n) is 8.26. The van der Waals surface area contributed by atoms with Crippen LogP contribution in [0.1, 0.15) is 32.1 Å². The molecular formula is C6H11Cl7Si3. The Morgan fingerprint density at radius 1 is 0.625 bits per heavy atom. The van der Waals surface area contributed by atoms with Crippen molar-refractivity contribution in [2.45, 2.75) is 37.6 Å². The monoisotopic (exact) mass is 412 g/mol. The first-order valence-corrected chi connectivity index (χ1v) is 20.1. The molecule has 0 saturated heterocycles. The molecule has 1 rings (SSSR count). The molecule has 0 aliphatic heterocycles. The van der Waals surface area contributed by atoms with E-state index >= 15 is 0 Å². The highest BCUT2D eigenvalue weighted by Crippen LogP contribution is 2.55. The second kappa shape index (κ2) is 5.98. The van der Waals surface area contributed by atoms with Gasteiger partial charge in [-0.15, -0.1) is 66.5 Å². The van der Waals surface area contributed by atoms with Crippen LogP contribution in [0.15, 0.2) is 0 Å². The van der Waals surface area contributed by atoms with Gasteiger partial charge in [0, 0.05) is 0 Å². The summed E-state index contributed by atoms with van der Waals surface area (Å²) in [5.74, 6) is 0. The number of rotatable bonds is 3. The molecule has 0 unspecified atom stereocenters. The SMILES string of the molecule is Cl[Si](Cl)(Cl)[Si](Cl)(C1CCCCC1)[Si](Cl)(Cl)Cl. The largest absolute Gasteiger partial charge is 0.343 e. The molecule has 0 radical (unpaired) electrons. The van der Waals surface area contributed by atoms with Crippen LogP contribution < -0.4 is 0 Å². The molecule has 96 valence electrons. The minimum atomic E-state index is -3.15. The van der Waals surface area contributed by atoms with Crippen LogP contribution in [-0.2, 0) is 0 Å². The Hall–Kier alpha value is 2.68. The van der Waals surface area contributed by atoms with E-state index in [2.05, 4.69) is 0 Å². The first-order valence-electron chi connectivity index (χ1n) is 4.93. The van der Waals surface area contributed by atoms with Crippen molar-refractivity contribution in [1.82, 2.24) is 0 Å². The van der Waals surface area contributed by atoms with Gasteiger partial charge in [0.15, 0.2) is 0 Å². The lowest BCUT2D eigenvalue weighted by Crippen LogP contribution is -2.64. The van der Waals surface area contributed by atoms with Gasteiger partial charge in [0.2, 0.25) is 6.42 Å². The van der Waals surface area contributed by atoms with E-state index in [1.54, 1.807) is 0 Å². The topological polar surface area (TPSA) is 0 Å². The fraction of sp³-hybridized carbons (Fsp3) is 1.00. The van der Waals surface area contributed by atoms with E-state index in [1.807, 2.05) is 0 Å². The maximum absolute atomic E-state index is 6.64. The highest BCUT2D eigenvalue weighted by molar-refractivity contribution is 8.17. The molecule has 1 fully saturated rings. The van der Waals surface area contributed by atoms with Crippen molar-refractivity contribution in [1.29, 1.82) is 0 Å². The molecule has 0 heterocycles. The van der Waals surface area contributed by atoms with Crippen LogP contribution in [0.5, 0.6) is 0 Å². The fourth-order valence-electron chi connectivity index (χ4n) is 2.12. The normalized spacial score (nSPS) is 21.2. The van der Waals surface area contributed by atoms with Crippen molar-refractivity contribution in [3.63, 3.8) is 0 Å². The van der Waals surface area contributed by atoms with Crippen LogP contribution in [0.2, 0.25) is 5.54 Å². The van der Waals surface area contributed by atoms with E-state index in [-0.39, 0.29) is 5.54 Å². The average molecular weight is 416 g/mol. The summed E-state index contributed by atoms with van der Waals surface area (Å²) in [4.78, 5) is 0. The Kier molecular flexibility index (Phi) is 6.26. The third-order valence-corrected chi connectivity index (χ3v) is 56.4. The molecule has 1 aliphatic carbocycles. The van der Waals surface area contributed by atoms with Gasteiger partial charge in [-0.2, -0.15) is 11.1 Å². The Morgan fingerprint density at radius 2 is 1.00 bits per heavy atom. The quantitative estimate of drug-likeness (QED) is 0.393. The summed E-state index contributed by atoms with van der Waals surface area (Å²) >= 11 is 43.5. The lowest BCUT2D eigenvalue weighted by atomic mass is 10.0. The molecule has 0 aromatic rings. The Morgan fingerprint density at radius 3 is 1.31 bits per heavy atom. The summed E-state index contributed by atoms with van der Waals surface area (Å²) in [5.41, 5.74) is -6.14. The van der Waals surface area contributed by atoms with Gasteiger partial charge in [-0.1, -0.05) is 32.1 Å². The summed E-state index contributed by atoms with van der Waals surface area (Å²) in [6.07, 6.45) is 2.36. The maximum Gasteiger partial charge on any atom is 0.343 e. The van der Waals surface area contributed by atoms with E-state index in [4.69, 9.17) is 77.6 Å². The number of hydrogen-bond acceptors (Lipinski definition) is 0. The molecular weight excluding hydrogens is 404 g/mol. The molecule has 0 bridgehead atoms. The Balaban J connectivity index is 3.04. The third kappa shape index (κ3) is 3.41. The van der Waals surface area contributed by atoms with E-state index in [0.717, 1.165) is 25.7 Å². The van der Waals surface area contributed by atoms with Crippen molar-refractivity contribution < 1.29 is 0 Å². The molecule has 0 amide bonds. The standard InChI is InChI=1S/C6H11Cl7Si3/c7-14(15(8,9)10,16(11,12)13)6-4-2-1-3-5-6/h6H,1-5H2. The Labute approximate surface area is 131 Å². The van der Waals surface area contributed by atoms with Crippen molar-refractivity contribution in [3.05, 3.63) is 0 Å². The van der Waals surface area contributed by atoms with Gasteiger partial charge in [0.1, 0.15) is 0 Å². The van der Waals surface area contributed by atoms with Gasteiger partial charge < -0.3 is 0 Å². The summed E-state index contributed by atoms with van der Waals surface area (Å²) in [5, 5.41) is 0. The van der Waals surface area contributed by atoms with Gasteiger partial charge in [0.25, 0.3) is 0 Å². The van der Waals surface area contributed by atoms with Gasteiger partial charge in [0.05, 0.1) is 0 Å². The predicted molar refractivity (Wildman–Crippen MR) is 85.1 cm³/mol. The lowest BCUT2D eigenvalue weighted by Gasteiger charge is -2.41. The zero-order chi connectivity index (χ0) is 12.6. The van der Waals surface area contributed by atoms with Crippen LogP contribution in [0.4, 0.5) is 0 Å². The van der Waals surface area contributed by atoms with Crippen LogP contribution >= 0.6 is 77.6 Å². The van der Waals surface area contributed by atoms with Crippen LogP contribution in [0, 0.1) is 0 Å². The van der Waals surface area contributed by atoms with E-state index in [1.165, 1.54) is 6.42 Å². The van der Waals surface area contributed by atoms with E-state index < -0.39 is 17.5 Å². The second-order valence-electron chi connectivity index (χ2n) is 4.04. The summed E-state index contributed by atoms with van der Waals surface area (Å²) in [7, 11) is 0. The smallest absolute Gasteiger partial charge is 0.164 e. The number of hydrogen-bond donors (Lipinski definition) is 0. The predicted octanol–water partition coefficient (Wildman–Crippen LogP) is 5.97. The zero-order valence-corrected chi connectivity index (χ0v) is 16.6. The van der Waals surface area contributed by atoms with E-state index in [0.29, 0.717) is 0 Å². The molecule has 0 aromatic heterocycles. The van der Waals surface area contributed by atoms with Crippen molar-refractivity contribution in [3.8, 4) is 0 Å². The molecule has 1 aliphatic rings. The summed E-state index contributed by atoms with van der Waals surface area (Å²) in [6.45, 7) is 0. The third-order valence-electron chi connectivity index (χ3n) is 2.99. The molecule has 0 N–H and O–H groups in total. The molecule has 16 heavy (non-hydrogen) atoms. The minimum Gasteiger partial charge on any atom is -0.164 e. The summed E-state index contributed by atoms with van der Waals surface area (Å²) < 4.78 is 0. The van der Waals surface area contributed by atoms with E-state index in [9.17, 15) is 0 Å². The van der Waals surface area contributed by atoms with Gasteiger partial charge >= 0.3 is 11.0 Å². The second-order valence-corrected chi connectivity index (χ2v) is 42.1. The average Bonchev–Trinajstić information content (AvgIpc) is 2.14. The highest BCUT2D eigenvalue weighted by atomic mass is 35.9. The van der Waals surface area contributed by atoms with Gasteiger partial charge in [-0.05, 0) is 5.54 Å². The van der Waals surface area contributed by atoms with Crippen LogP contribution in [-0.4, -0.2) is 17.5 Å². The van der Waals surface area contributed by atoms with Crippen molar-refractivity contribution in [2.75, 3.05) is 0 Å².